The Morgan fingerprint density at radius 1 is 0.808 bits per heavy atom. The molecule has 1 nitrogen and oxygen atoms in total. The minimum atomic E-state index is 0.624. The van der Waals surface area contributed by atoms with Crippen molar-refractivity contribution in [2.45, 2.75) is 44.3 Å². The lowest BCUT2D eigenvalue weighted by Crippen LogP contribution is -2.38. The molecule has 2 aliphatic heterocycles. The highest BCUT2D eigenvalue weighted by Crippen LogP contribution is 2.37. The number of hydrogen-bond acceptors (Lipinski definition) is 1. The molecule has 0 spiro atoms. The molecular formula is C25H25N. The van der Waals surface area contributed by atoms with Gasteiger partial charge in [0.1, 0.15) is 0 Å². The summed E-state index contributed by atoms with van der Waals surface area (Å²) >= 11 is 0. The van der Waals surface area contributed by atoms with Gasteiger partial charge in [-0.1, -0.05) is 84.4 Å². The van der Waals surface area contributed by atoms with Crippen LogP contribution < -0.4 is 0 Å². The summed E-state index contributed by atoms with van der Waals surface area (Å²) in [6.07, 6.45) is 7.57. The summed E-state index contributed by atoms with van der Waals surface area (Å²) in [6, 6.07) is 27.8. The van der Waals surface area contributed by atoms with E-state index in [0.717, 1.165) is 19.0 Å². The average Bonchev–Trinajstić information content (AvgIpc) is 2.91. The van der Waals surface area contributed by atoms with Crippen LogP contribution in [0.3, 0.4) is 0 Å². The molecule has 1 saturated heterocycles. The first kappa shape index (κ1) is 15.8. The molecule has 0 aromatic heterocycles. The molecule has 1 heteroatoms. The first-order valence-corrected chi connectivity index (χ1v) is 9.83. The largest absolute Gasteiger partial charge is 0.289 e. The van der Waals surface area contributed by atoms with Gasteiger partial charge in [-0.05, 0) is 47.6 Å². The number of benzene rings is 3. The molecule has 2 bridgehead atoms. The molecule has 0 aliphatic carbocycles. The Balaban J connectivity index is 1.38. The average molecular weight is 339 g/mol. The second-order valence-corrected chi connectivity index (χ2v) is 7.80. The van der Waals surface area contributed by atoms with Crippen LogP contribution in [-0.4, -0.2) is 17.0 Å². The zero-order valence-corrected chi connectivity index (χ0v) is 15.1. The van der Waals surface area contributed by atoms with Gasteiger partial charge >= 0.3 is 0 Å². The quantitative estimate of drug-likeness (QED) is 0.547. The lowest BCUT2D eigenvalue weighted by molar-refractivity contribution is 0.195. The molecule has 2 heterocycles. The second kappa shape index (κ2) is 6.74. The topological polar surface area (TPSA) is 3.24 Å². The molecule has 0 radical (unpaired) electrons. The van der Waals surface area contributed by atoms with Gasteiger partial charge in [0.05, 0.1) is 0 Å². The van der Waals surface area contributed by atoms with Gasteiger partial charge in [0.15, 0.2) is 0 Å². The number of rotatable bonds is 4. The van der Waals surface area contributed by atoms with Gasteiger partial charge in [-0.2, -0.15) is 0 Å². The van der Waals surface area contributed by atoms with Crippen LogP contribution in [0.1, 0.15) is 30.4 Å². The van der Waals surface area contributed by atoms with E-state index in [1.54, 1.807) is 5.57 Å². The van der Waals surface area contributed by atoms with Crippen LogP contribution >= 0.6 is 0 Å². The third kappa shape index (κ3) is 2.97. The number of hydrogen-bond donors (Lipinski definition) is 0. The highest BCUT2D eigenvalue weighted by molar-refractivity contribution is 5.85. The van der Waals surface area contributed by atoms with Crippen molar-refractivity contribution in [2.75, 3.05) is 0 Å². The van der Waals surface area contributed by atoms with Gasteiger partial charge in [-0.3, -0.25) is 4.90 Å². The third-order valence-corrected chi connectivity index (χ3v) is 6.12. The predicted octanol–water partition coefficient (Wildman–Crippen LogP) is 5.75. The van der Waals surface area contributed by atoms with Crippen molar-refractivity contribution < 1.29 is 0 Å². The number of nitrogens with zero attached hydrogens (tertiary/aromatic N) is 1. The summed E-state index contributed by atoms with van der Waals surface area (Å²) in [5, 5.41) is 2.77. The fraction of sp³-hybridized carbons (Fsp3) is 0.280. The monoisotopic (exact) mass is 339 g/mol. The van der Waals surface area contributed by atoms with Gasteiger partial charge in [-0.15, -0.1) is 0 Å². The van der Waals surface area contributed by atoms with Crippen molar-refractivity contribution in [1.29, 1.82) is 0 Å². The summed E-state index contributed by atoms with van der Waals surface area (Å²) < 4.78 is 0. The van der Waals surface area contributed by atoms with E-state index in [4.69, 9.17) is 0 Å². The van der Waals surface area contributed by atoms with Crippen LogP contribution in [0.25, 0.3) is 10.8 Å². The van der Waals surface area contributed by atoms with Crippen molar-refractivity contribution in [3.05, 3.63) is 95.6 Å². The van der Waals surface area contributed by atoms with Crippen molar-refractivity contribution in [2.24, 2.45) is 0 Å². The molecule has 0 saturated carbocycles. The van der Waals surface area contributed by atoms with Crippen LogP contribution in [0.4, 0.5) is 0 Å². The molecule has 26 heavy (non-hydrogen) atoms. The fourth-order valence-electron chi connectivity index (χ4n) is 4.87. The first-order valence-electron chi connectivity index (χ1n) is 9.83. The van der Waals surface area contributed by atoms with Crippen molar-refractivity contribution >= 4 is 10.8 Å². The van der Waals surface area contributed by atoms with E-state index in [1.807, 2.05) is 0 Å². The van der Waals surface area contributed by atoms with E-state index >= 15 is 0 Å². The van der Waals surface area contributed by atoms with Crippen LogP contribution in [0.15, 0.2) is 84.4 Å². The Morgan fingerprint density at radius 3 is 2.50 bits per heavy atom. The molecule has 3 aromatic carbocycles. The summed E-state index contributed by atoms with van der Waals surface area (Å²) in [6.45, 7) is 1.09. The number of fused-ring (bicyclic) bond motifs is 3. The zero-order valence-electron chi connectivity index (χ0n) is 15.1. The first-order chi connectivity index (χ1) is 12.9. The lowest BCUT2D eigenvalue weighted by atomic mass is 9.92. The minimum absolute atomic E-state index is 0.624. The van der Waals surface area contributed by atoms with E-state index < -0.39 is 0 Å². The highest BCUT2D eigenvalue weighted by Gasteiger charge is 2.36. The molecule has 0 amide bonds. The second-order valence-electron chi connectivity index (χ2n) is 7.80. The Labute approximate surface area is 156 Å². The van der Waals surface area contributed by atoms with E-state index in [2.05, 4.69) is 83.8 Å². The molecule has 2 atom stereocenters. The van der Waals surface area contributed by atoms with Crippen LogP contribution in [0, 0.1) is 0 Å². The van der Waals surface area contributed by atoms with E-state index in [-0.39, 0.29) is 0 Å². The molecule has 5 rings (SSSR count). The Hall–Kier alpha value is -2.38. The Kier molecular flexibility index (Phi) is 4.10. The summed E-state index contributed by atoms with van der Waals surface area (Å²) in [5.74, 6) is 0. The lowest BCUT2D eigenvalue weighted by Gasteiger charge is -2.34. The molecule has 0 N–H and O–H groups in total. The molecule has 130 valence electrons. The van der Waals surface area contributed by atoms with E-state index in [0.29, 0.717) is 6.04 Å². The van der Waals surface area contributed by atoms with Crippen molar-refractivity contribution in [1.82, 2.24) is 4.90 Å². The maximum Gasteiger partial charge on any atom is 0.0288 e. The molecule has 2 aliphatic rings. The van der Waals surface area contributed by atoms with Crippen molar-refractivity contribution in [3.63, 3.8) is 0 Å². The van der Waals surface area contributed by atoms with Gasteiger partial charge < -0.3 is 0 Å². The molecular weight excluding hydrogens is 314 g/mol. The van der Waals surface area contributed by atoms with Gasteiger partial charge in [0, 0.05) is 18.6 Å². The van der Waals surface area contributed by atoms with Crippen LogP contribution in [0.5, 0.6) is 0 Å². The van der Waals surface area contributed by atoms with Gasteiger partial charge in [0.2, 0.25) is 0 Å². The maximum absolute atomic E-state index is 2.72. The summed E-state index contributed by atoms with van der Waals surface area (Å²) in [5.41, 5.74) is 4.55. The van der Waals surface area contributed by atoms with Crippen LogP contribution in [-0.2, 0) is 13.0 Å². The smallest absolute Gasteiger partial charge is 0.0288 e. The Bertz CT molecular complexity index is 935. The van der Waals surface area contributed by atoms with Gasteiger partial charge in [-0.25, -0.2) is 0 Å². The molecule has 3 aromatic rings. The Morgan fingerprint density at radius 2 is 1.62 bits per heavy atom. The minimum Gasteiger partial charge on any atom is -0.289 e. The van der Waals surface area contributed by atoms with E-state index in [9.17, 15) is 0 Å². The van der Waals surface area contributed by atoms with Crippen LogP contribution in [0.2, 0.25) is 0 Å². The normalized spacial score (nSPS) is 22.5. The SMILES string of the molecule is C1=C(Cc2cccc3ccccc23)CC2CCC1N2Cc1ccccc1. The predicted molar refractivity (Wildman–Crippen MR) is 109 cm³/mol. The van der Waals surface area contributed by atoms with Crippen molar-refractivity contribution in [3.8, 4) is 0 Å². The zero-order chi connectivity index (χ0) is 17.3. The summed E-state index contributed by atoms with van der Waals surface area (Å²) in [4.78, 5) is 2.72. The summed E-state index contributed by atoms with van der Waals surface area (Å²) in [7, 11) is 0. The molecule has 1 fully saturated rings. The maximum atomic E-state index is 2.72. The fourth-order valence-corrected chi connectivity index (χ4v) is 4.87. The highest BCUT2D eigenvalue weighted by atomic mass is 15.2. The van der Waals surface area contributed by atoms with E-state index in [1.165, 1.54) is 41.2 Å². The molecule has 2 unspecified atom stereocenters. The standard InChI is InChI=1S/C25H25N/c1-2-7-19(8-3-1)18-26-23-13-14-24(26)17-20(16-23)15-22-11-6-10-21-9-4-5-12-25(21)22/h1-12,16,23-24H,13-15,17-18H2. The van der Waals surface area contributed by atoms with Gasteiger partial charge in [0.25, 0.3) is 0 Å². The third-order valence-electron chi connectivity index (χ3n) is 6.12.